The Morgan fingerprint density at radius 1 is 1.55 bits per heavy atom. The van der Waals surface area contributed by atoms with Crippen molar-refractivity contribution in [3.05, 3.63) is 23.8 Å². The van der Waals surface area contributed by atoms with E-state index in [1.165, 1.54) is 6.33 Å². The van der Waals surface area contributed by atoms with Crippen LogP contribution in [0.3, 0.4) is 0 Å². The van der Waals surface area contributed by atoms with Gasteiger partial charge in [0, 0.05) is 12.8 Å². The van der Waals surface area contributed by atoms with Crippen LogP contribution in [0.15, 0.2) is 12.4 Å². The fourth-order valence-corrected chi connectivity index (χ4v) is 0.820. The summed E-state index contributed by atoms with van der Waals surface area (Å²) >= 11 is 0. The lowest BCUT2D eigenvalue weighted by molar-refractivity contribution is 0.414. The normalized spacial score (nSPS) is 9.64. The van der Waals surface area contributed by atoms with Crippen molar-refractivity contribution >= 4 is 14.3 Å². The highest BCUT2D eigenvalue weighted by molar-refractivity contribution is 7.21. The van der Waals surface area contributed by atoms with E-state index >= 15 is 0 Å². The molecule has 0 N–H and O–H groups in total. The second-order valence-electron chi connectivity index (χ2n) is 2.08. The van der Waals surface area contributed by atoms with Crippen LogP contribution in [0, 0.1) is 6.92 Å². The summed E-state index contributed by atoms with van der Waals surface area (Å²) in [5, 5.41) is 0. The number of methoxy groups -OCH3 is 1. The number of rotatable bonds is 2. The minimum Gasteiger partial charge on any atom is -0.343 e. The van der Waals surface area contributed by atoms with Crippen molar-refractivity contribution in [2.75, 3.05) is 7.11 Å². The van der Waals surface area contributed by atoms with Crippen LogP contribution in [0.25, 0.3) is 0 Å². The molecule has 0 aromatic carbocycles. The Kier molecular flexibility index (Phi) is 2.69. The van der Waals surface area contributed by atoms with Gasteiger partial charge in [0.2, 0.25) is 0 Å². The first-order chi connectivity index (χ1) is 5.24. The van der Waals surface area contributed by atoms with Crippen LogP contribution in [0.4, 0.5) is 0 Å². The molecule has 0 amide bonds. The lowest BCUT2D eigenvalue weighted by atomic mass is 10.3. The van der Waals surface area contributed by atoms with Gasteiger partial charge in [-0.2, -0.15) is 0 Å². The standard InChI is InChI=1S/C7H9N2OP/c1-5-3-6(7(11)10-2)9-4-8-5/h3-4,11H,1-2H3. The van der Waals surface area contributed by atoms with E-state index in [-0.39, 0.29) is 0 Å². The summed E-state index contributed by atoms with van der Waals surface area (Å²) in [6.07, 6.45) is 1.50. The van der Waals surface area contributed by atoms with E-state index in [2.05, 4.69) is 18.8 Å². The van der Waals surface area contributed by atoms with Gasteiger partial charge in [-0.3, -0.25) is 0 Å². The van der Waals surface area contributed by atoms with Crippen molar-refractivity contribution in [3.8, 4) is 0 Å². The molecule has 0 spiro atoms. The van der Waals surface area contributed by atoms with E-state index in [1.807, 2.05) is 13.0 Å². The molecule has 11 heavy (non-hydrogen) atoms. The molecule has 0 aliphatic carbocycles. The Labute approximate surface area is 67.7 Å². The average Bonchev–Trinajstić information content (AvgIpc) is 2.03. The molecule has 1 aromatic rings. The first kappa shape index (κ1) is 8.31. The summed E-state index contributed by atoms with van der Waals surface area (Å²) in [7, 11) is 4.86. The molecule has 0 saturated carbocycles. The number of nitrogens with zero attached hydrogens (tertiary/aromatic N) is 2. The summed E-state index contributed by atoms with van der Waals surface area (Å²) < 4.78 is 4.93. The molecule has 0 fully saturated rings. The Morgan fingerprint density at radius 2 is 2.27 bits per heavy atom. The zero-order chi connectivity index (χ0) is 8.27. The van der Waals surface area contributed by atoms with Crippen LogP contribution < -0.4 is 0 Å². The molecule has 0 atom stereocenters. The van der Waals surface area contributed by atoms with E-state index in [4.69, 9.17) is 4.74 Å². The van der Waals surface area contributed by atoms with Crippen molar-refractivity contribution in [1.29, 1.82) is 0 Å². The number of hydrogen-bond acceptors (Lipinski definition) is 3. The third-order valence-corrected chi connectivity index (χ3v) is 1.70. The number of ether oxygens (including phenoxy) is 1. The maximum absolute atomic E-state index is 4.93. The molecular weight excluding hydrogens is 159 g/mol. The molecule has 1 rings (SSSR count). The number of hydrogen-bond donors (Lipinski definition) is 0. The molecule has 0 aliphatic rings. The maximum atomic E-state index is 4.93. The van der Waals surface area contributed by atoms with Gasteiger partial charge in [-0.25, -0.2) is 9.97 Å². The summed E-state index contributed by atoms with van der Waals surface area (Å²) in [5.74, 6) is 0. The molecule has 4 heteroatoms. The van der Waals surface area contributed by atoms with E-state index in [9.17, 15) is 0 Å². The SMILES string of the molecule is COC(=P)c1cc(C)ncn1. The smallest absolute Gasteiger partial charge is 0.119 e. The molecule has 58 valence electrons. The van der Waals surface area contributed by atoms with Gasteiger partial charge in [-0.15, -0.1) is 0 Å². The number of aryl methyl sites for hydroxylation is 1. The van der Waals surface area contributed by atoms with Gasteiger partial charge in [0.1, 0.15) is 17.5 Å². The largest absolute Gasteiger partial charge is 0.343 e. The summed E-state index contributed by atoms with van der Waals surface area (Å²) in [4.78, 5) is 7.94. The van der Waals surface area contributed by atoms with E-state index in [1.54, 1.807) is 7.11 Å². The predicted molar refractivity (Wildman–Crippen MR) is 46.2 cm³/mol. The fourth-order valence-electron chi connectivity index (χ4n) is 0.683. The second-order valence-corrected chi connectivity index (χ2v) is 2.53. The summed E-state index contributed by atoms with van der Waals surface area (Å²) in [5.41, 5.74) is 2.30. The highest BCUT2D eigenvalue weighted by Gasteiger charge is 1.98. The monoisotopic (exact) mass is 168 g/mol. The Hall–Kier alpha value is -0.790. The number of aromatic nitrogens is 2. The van der Waals surface area contributed by atoms with Gasteiger partial charge in [-0.05, 0) is 13.0 Å². The predicted octanol–water partition coefficient (Wildman–Crippen LogP) is 1.05. The highest BCUT2D eigenvalue weighted by Crippen LogP contribution is 2.00. The van der Waals surface area contributed by atoms with Crippen LogP contribution in [0.1, 0.15) is 11.4 Å². The molecule has 0 bridgehead atoms. The van der Waals surface area contributed by atoms with E-state index in [0.717, 1.165) is 11.4 Å². The van der Waals surface area contributed by atoms with E-state index < -0.39 is 0 Å². The maximum Gasteiger partial charge on any atom is 0.119 e. The Bertz CT molecular complexity index is 275. The Morgan fingerprint density at radius 3 is 2.82 bits per heavy atom. The van der Waals surface area contributed by atoms with Crippen LogP contribution in [-0.4, -0.2) is 22.6 Å². The third kappa shape index (κ3) is 2.07. The third-order valence-electron chi connectivity index (χ3n) is 1.24. The molecule has 0 saturated heterocycles. The lowest BCUT2D eigenvalue weighted by Crippen LogP contribution is -2.02. The van der Waals surface area contributed by atoms with Crippen LogP contribution in [0.2, 0.25) is 0 Å². The fraction of sp³-hybridized carbons (Fsp3) is 0.286. The van der Waals surface area contributed by atoms with Crippen molar-refractivity contribution in [2.24, 2.45) is 0 Å². The molecule has 1 aromatic heterocycles. The van der Waals surface area contributed by atoms with Gasteiger partial charge < -0.3 is 4.74 Å². The van der Waals surface area contributed by atoms with Crippen molar-refractivity contribution in [3.63, 3.8) is 0 Å². The molecule has 0 unspecified atom stereocenters. The average molecular weight is 168 g/mol. The van der Waals surface area contributed by atoms with Gasteiger partial charge in [0.05, 0.1) is 0 Å². The molecular formula is C7H9N2OP. The van der Waals surface area contributed by atoms with Crippen molar-refractivity contribution in [2.45, 2.75) is 6.92 Å². The highest BCUT2D eigenvalue weighted by atomic mass is 31.0. The zero-order valence-electron chi connectivity index (χ0n) is 6.46. The van der Waals surface area contributed by atoms with Crippen molar-refractivity contribution in [1.82, 2.24) is 9.97 Å². The molecule has 1 heterocycles. The van der Waals surface area contributed by atoms with Gasteiger partial charge >= 0.3 is 0 Å². The zero-order valence-corrected chi connectivity index (χ0v) is 7.46. The quantitative estimate of drug-likeness (QED) is 0.619. The van der Waals surface area contributed by atoms with Crippen LogP contribution in [0.5, 0.6) is 0 Å². The first-order valence-electron chi connectivity index (χ1n) is 3.15. The second kappa shape index (κ2) is 3.56. The Balaban J connectivity index is 2.96. The molecule has 3 nitrogen and oxygen atoms in total. The van der Waals surface area contributed by atoms with Crippen LogP contribution >= 0.6 is 8.86 Å². The summed E-state index contributed by atoms with van der Waals surface area (Å²) in [6, 6.07) is 1.84. The van der Waals surface area contributed by atoms with Crippen molar-refractivity contribution < 1.29 is 4.74 Å². The molecule has 0 radical (unpaired) electrons. The molecule has 0 aliphatic heterocycles. The first-order valence-corrected chi connectivity index (χ1v) is 3.65. The van der Waals surface area contributed by atoms with E-state index in [0.29, 0.717) is 5.48 Å². The minimum absolute atomic E-state index is 0.621. The minimum atomic E-state index is 0.621. The lowest BCUT2D eigenvalue weighted by Gasteiger charge is -2.00. The topological polar surface area (TPSA) is 35.0 Å². The van der Waals surface area contributed by atoms with Gasteiger partial charge in [-0.1, -0.05) is 8.86 Å². The summed E-state index contributed by atoms with van der Waals surface area (Å²) in [6.45, 7) is 1.90. The van der Waals surface area contributed by atoms with Gasteiger partial charge in [0.15, 0.2) is 0 Å². The van der Waals surface area contributed by atoms with Gasteiger partial charge in [0.25, 0.3) is 0 Å². The van der Waals surface area contributed by atoms with Crippen LogP contribution in [-0.2, 0) is 4.74 Å².